The predicted octanol–water partition coefficient (Wildman–Crippen LogP) is 4.58. The number of hydrogen-bond donors (Lipinski definition) is 1. The highest BCUT2D eigenvalue weighted by Crippen LogP contribution is 2.20. The molecule has 0 fully saturated rings. The van der Waals surface area contributed by atoms with E-state index >= 15 is 0 Å². The van der Waals surface area contributed by atoms with Crippen molar-refractivity contribution in [2.24, 2.45) is 0 Å². The number of rotatable bonds is 7. The van der Waals surface area contributed by atoms with Gasteiger partial charge in [0.2, 0.25) is 11.8 Å². The predicted molar refractivity (Wildman–Crippen MR) is 107 cm³/mol. The van der Waals surface area contributed by atoms with Gasteiger partial charge in [0, 0.05) is 9.90 Å². The van der Waals surface area contributed by atoms with Crippen LogP contribution in [0, 0.1) is 0 Å². The van der Waals surface area contributed by atoms with Crippen LogP contribution in [-0.4, -0.2) is 27.3 Å². The van der Waals surface area contributed by atoms with Crippen molar-refractivity contribution in [2.75, 3.05) is 11.9 Å². The summed E-state index contributed by atoms with van der Waals surface area (Å²) in [6.45, 7) is 0.329. The summed E-state index contributed by atoms with van der Waals surface area (Å²) in [5.74, 6) is 1.29. The minimum atomic E-state index is -0.367. The van der Waals surface area contributed by atoms with Gasteiger partial charge in [-0.2, -0.15) is 9.67 Å². The lowest BCUT2D eigenvalue weighted by Gasteiger charge is -2.08. The summed E-state index contributed by atoms with van der Waals surface area (Å²) in [6.07, 6.45) is 1.53. The van der Waals surface area contributed by atoms with Crippen LogP contribution in [0.4, 0.5) is 5.95 Å². The number of benzene rings is 1. The standard InChI is InChI=1S/C19H15ClN4O3S/c20-13-5-7-14(8-6-13)27-12-17(25)24-19(21-11-15-3-2-10-28-15)22-18(23-24)16-4-1-9-26-16/h1-10H,11-12H2,(H,21,22,23). The Morgan fingerprint density at radius 1 is 1.21 bits per heavy atom. The highest BCUT2D eigenvalue weighted by Gasteiger charge is 2.19. The Hall–Kier alpha value is -3.10. The van der Waals surface area contributed by atoms with Gasteiger partial charge in [-0.15, -0.1) is 16.4 Å². The highest BCUT2D eigenvalue weighted by molar-refractivity contribution is 7.09. The Kier molecular flexibility index (Phi) is 5.41. The van der Waals surface area contributed by atoms with Crippen molar-refractivity contribution in [3.8, 4) is 17.3 Å². The molecule has 0 saturated heterocycles. The third kappa shape index (κ3) is 4.24. The van der Waals surface area contributed by atoms with Crippen LogP contribution in [0.25, 0.3) is 11.6 Å². The number of carbonyl (C=O) groups excluding carboxylic acids is 1. The minimum absolute atomic E-state index is 0.198. The summed E-state index contributed by atoms with van der Waals surface area (Å²) in [5, 5.41) is 10.0. The van der Waals surface area contributed by atoms with E-state index in [1.54, 1.807) is 47.7 Å². The number of nitrogens with one attached hydrogen (secondary N) is 1. The topological polar surface area (TPSA) is 82.2 Å². The zero-order chi connectivity index (χ0) is 19.3. The summed E-state index contributed by atoms with van der Waals surface area (Å²) < 4.78 is 12.1. The minimum Gasteiger partial charge on any atom is -0.484 e. The van der Waals surface area contributed by atoms with Crippen LogP contribution in [0.3, 0.4) is 0 Å². The summed E-state index contributed by atoms with van der Waals surface area (Å²) >= 11 is 7.47. The molecule has 1 N–H and O–H groups in total. The quantitative estimate of drug-likeness (QED) is 0.476. The number of hydrogen-bond acceptors (Lipinski definition) is 7. The molecule has 0 amide bonds. The average Bonchev–Trinajstić information content (AvgIpc) is 3.47. The van der Waals surface area contributed by atoms with Crippen molar-refractivity contribution < 1.29 is 13.9 Å². The number of carbonyl (C=O) groups is 1. The van der Waals surface area contributed by atoms with Crippen LogP contribution < -0.4 is 10.1 Å². The van der Waals surface area contributed by atoms with Gasteiger partial charge in [0.1, 0.15) is 5.75 Å². The maximum atomic E-state index is 12.7. The molecule has 4 rings (SSSR count). The fourth-order valence-corrected chi connectivity index (χ4v) is 3.20. The van der Waals surface area contributed by atoms with E-state index in [1.807, 2.05) is 17.5 Å². The van der Waals surface area contributed by atoms with E-state index in [1.165, 1.54) is 10.9 Å². The van der Waals surface area contributed by atoms with Crippen molar-refractivity contribution in [3.63, 3.8) is 0 Å². The molecule has 3 heterocycles. The third-order valence-electron chi connectivity index (χ3n) is 3.76. The van der Waals surface area contributed by atoms with Gasteiger partial charge in [-0.1, -0.05) is 17.7 Å². The molecule has 0 aliphatic rings. The van der Waals surface area contributed by atoms with Crippen molar-refractivity contribution in [1.82, 2.24) is 14.8 Å². The SMILES string of the molecule is O=C(COc1ccc(Cl)cc1)n1nc(-c2ccco2)nc1NCc1cccs1. The second kappa shape index (κ2) is 8.28. The van der Waals surface area contributed by atoms with Gasteiger partial charge in [-0.25, -0.2) is 0 Å². The maximum absolute atomic E-state index is 12.7. The molecule has 0 bridgehead atoms. The number of halogens is 1. The van der Waals surface area contributed by atoms with Gasteiger partial charge in [-0.3, -0.25) is 4.79 Å². The third-order valence-corrected chi connectivity index (χ3v) is 4.89. The largest absolute Gasteiger partial charge is 0.484 e. The number of aromatic nitrogens is 3. The lowest BCUT2D eigenvalue weighted by Crippen LogP contribution is -2.22. The van der Waals surface area contributed by atoms with Crippen LogP contribution >= 0.6 is 22.9 Å². The molecule has 0 saturated carbocycles. The molecule has 142 valence electrons. The van der Waals surface area contributed by atoms with Crippen molar-refractivity contribution in [3.05, 3.63) is 70.1 Å². The summed E-state index contributed by atoms with van der Waals surface area (Å²) in [6, 6.07) is 14.2. The Balaban J connectivity index is 1.52. The molecule has 0 unspecified atom stereocenters. The second-order valence-corrected chi connectivity index (χ2v) is 7.19. The first kappa shape index (κ1) is 18.3. The molecule has 0 atom stereocenters. The molecule has 9 heteroatoms. The molecule has 3 aromatic heterocycles. The second-order valence-electron chi connectivity index (χ2n) is 5.72. The van der Waals surface area contributed by atoms with Crippen LogP contribution in [0.5, 0.6) is 5.75 Å². The van der Waals surface area contributed by atoms with E-state index in [0.717, 1.165) is 4.88 Å². The molecule has 0 radical (unpaired) electrons. The summed E-state index contributed by atoms with van der Waals surface area (Å²) in [5.41, 5.74) is 0. The van der Waals surface area contributed by atoms with E-state index < -0.39 is 0 Å². The zero-order valence-electron chi connectivity index (χ0n) is 14.5. The van der Waals surface area contributed by atoms with E-state index in [0.29, 0.717) is 34.8 Å². The Morgan fingerprint density at radius 3 is 2.79 bits per heavy atom. The maximum Gasteiger partial charge on any atom is 0.287 e. The molecule has 0 aliphatic heterocycles. The smallest absolute Gasteiger partial charge is 0.287 e. The van der Waals surface area contributed by atoms with Gasteiger partial charge >= 0.3 is 0 Å². The first-order valence-electron chi connectivity index (χ1n) is 8.38. The number of nitrogens with zero attached hydrogens (tertiary/aromatic N) is 3. The number of ether oxygens (including phenoxy) is 1. The van der Waals surface area contributed by atoms with E-state index in [4.69, 9.17) is 20.8 Å². The molecular weight excluding hydrogens is 400 g/mol. The van der Waals surface area contributed by atoms with Crippen molar-refractivity contribution >= 4 is 34.8 Å². The fraction of sp³-hybridized carbons (Fsp3) is 0.105. The monoisotopic (exact) mass is 414 g/mol. The zero-order valence-corrected chi connectivity index (χ0v) is 16.1. The van der Waals surface area contributed by atoms with Gasteiger partial charge in [0.05, 0.1) is 12.8 Å². The van der Waals surface area contributed by atoms with E-state index in [-0.39, 0.29) is 12.5 Å². The van der Waals surface area contributed by atoms with Gasteiger partial charge in [0.25, 0.3) is 5.91 Å². The Bertz CT molecular complexity index is 1040. The molecular formula is C19H15ClN4O3S. The molecule has 7 nitrogen and oxygen atoms in total. The summed E-state index contributed by atoms with van der Waals surface area (Å²) in [7, 11) is 0. The first-order valence-corrected chi connectivity index (χ1v) is 9.63. The normalized spacial score (nSPS) is 10.8. The van der Waals surface area contributed by atoms with Crippen LogP contribution in [-0.2, 0) is 6.54 Å². The number of furan rings is 1. The van der Waals surface area contributed by atoms with Crippen LogP contribution in [0.1, 0.15) is 9.67 Å². The summed E-state index contributed by atoms with van der Waals surface area (Å²) in [4.78, 5) is 18.2. The lowest BCUT2D eigenvalue weighted by molar-refractivity contribution is 0.0824. The van der Waals surface area contributed by atoms with E-state index in [9.17, 15) is 4.79 Å². The molecule has 28 heavy (non-hydrogen) atoms. The van der Waals surface area contributed by atoms with Crippen LogP contribution in [0.15, 0.2) is 64.6 Å². The highest BCUT2D eigenvalue weighted by atomic mass is 35.5. The average molecular weight is 415 g/mol. The molecule has 1 aromatic carbocycles. The number of anilines is 1. The lowest BCUT2D eigenvalue weighted by atomic mass is 10.3. The molecule has 0 aliphatic carbocycles. The van der Waals surface area contributed by atoms with Crippen molar-refractivity contribution in [2.45, 2.75) is 6.54 Å². The van der Waals surface area contributed by atoms with Crippen LogP contribution in [0.2, 0.25) is 5.02 Å². The first-order chi connectivity index (χ1) is 13.7. The van der Waals surface area contributed by atoms with Gasteiger partial charge < -0.3 is 14.5 Å². The van der Waals surface area contributed by atoms with E-state index in [2.05, 4.69) is 15.4 Å². The Labute approximate surface area is 169 Å². The molecule has 0 spiro atoms. The fourth-order valence-electron chi connectivity index (χ4n) is 2.43. The Morgan fingerprint density at radius 2 is 2.07 bits per heavy atom. The number of thiophene rings is 1. The molecule has 4 aromatic rings. The van der Waals surface area contributed by atoms with Gasteiger partial charge in [-0.05, 0) is 47.8 Å². The van der Waals surface area contributed by atoms with Crippen molar-refractivity contribution in [1.29, 1.82) is 0 Å². The van der Waals surface area contributed by atoms with Gasteiger partial charge in [0.15, 0.2) is 12.4 Å².